The van der Waals surface area contributed by atoms with Gasteiger partial charge in [0.15, 0.2) is 0 Å². The molecule has 1 aromatic rings. The van der Waals surface area contributed by atoms with Crippen LogP contribution in [0.2, 0.25) is 0 Å². The number of nitrogens with one attached hydrogen (secondary N) is 1. The second-order valence-corrected chi connectivity index (χ2v) is 6.18. The van der Waals surface area contributed by atoms with E-state index in [4.69, 9.17) is 0 Å². The fraction of sp³-hybridized carbons (Fsp3) is 0.562. The molecule has 0 aliphatic carbocycles. The van der Waals surface area contributed by atoms with Gasteiger partial charge in [0, 0.05) is 6.42 Å². The molecule has 0 aromatic heterocycles. The lowest BCUT2D eigenvalue weighted by atomic mass is 9.80. The molecule has 0 radical (unpaired) electrons. The van der Waals surface area contributed by atoms with Gasteiger partial charge >= 0.3 is 0 Å². The van der Waals surface area contributed by atoms with Gasteiger partial charge in [-0.2, -0.15) is 0 Å². The summed E-state index contributed by atoms with van der Waals surface area (Å²) in [6.45, 7) is 8.39. The molecule has 2 atom stereocenters. The summed E-state index contributed by atoms with van der Waals surface area (Å²) < 4.78 is 0. The van der Waals surface area contributed by atoms with Crippen molar-refractivity contribution in [2.45, 2.75) is 40.2 Å². The van der Waals surface area contributed by atoms with Gasteiger partial charge in [-0.15, -0.1) is 0 Å². The van der Waals surface area contributed by atoms with Gasteiger partial charge < -0.3 is 10.4 Å². The number of rotatable bonds is 5. The van der Waals surface area contributed by atoms with E-state index >= 15 is 0 Å². The van der Waals surface area contributed by atoms with E-state index in [9.17, 15) is 9.90 Å². The Morgan fingerprint density at radius 3 is 2.32 bits per heavy atom. The number of hydrogen-bond donors (Lipinski definition) is 2. The molecular formula is C16H25NO2. The molecule has 1 unspecified atom stereocenters. The fourth-order valence-corrected chi connectivity index (χ4v) is 1.76. The van der Waals surface area contributed by atoms with Gasteiger partial charge in [0.25, 0.3) is 0 Å². The molecule has 3 nitrogen and oxygen atoms in total. The van der Waals surface area contributed by atoms with Crippen LogP contribution in [0.4, 0.5) is 0 Å². The Hall–Kier alpha value is -1.35. The second-order valence-electron chi connectivity index (χ2n) is 6.18. The third-order valence-electron chi connectivity index (χ3n) is 3.69. The molecule has 0 fully saturated rings. The van der Waals surface area contributed by atoms with Crippen LogP contribution >= 0.6 is 0 Å². The molecule has 3 heteroatoms. The van der Waals surface area contributed by atoms with Gasteiger partial charge in [-0.25, -0.2) is 0 Å². The molecule has 106 valence electrons. The Kier molecular flexibility index (Phi) is 5.55. The number of benzene rings is 1. The Labute approximate surface area is 116 Å². The van der Waals surface area contributed by atoms with E-state index in [1.165, 1.54) is 0 Å². The van der Waals surface area contributed by atoms with Gasteiger partial charge in [-0.05, 0) is 16.9 Å². The highest BCUT2D eigenvalue weighted by Gasteiger charge is 2.23. The zero-order chi connectivity index (χ0) is 14.5. The van der Waals surface area contributed by atoms with E-state index in [1.54, 1.807) is 0 Å². The first-order chi connectivity index (χ1) is 8.84. The van der Waals surface area contributed by atoms with E-state index in [1.807, 2.05) is 30.3 Å². The number of aliphatic hydroxyl groups excluding tert-OH is 1. The summed E-state index contributed by atoms with van der Waals surface area (Å²) in [5, 5.41) is 12.3. The van der Waals surface area contributed by atoms with Crippen molar-refractivity contribution in [2.24, 2.45) is 11.3 Å². The lowest BCUT2D eigenvalue weighted by Crippen LogP contribution is -2.33. The Balaban J connectivity index is 2.60. The minimum Gasteiger partial charge on any atom is -0.394 e. The fourth-order valence-electron chi connectivity index (χ4n) is 1.76. The maximum absolute atomic E-state index is 12.0. The Morgan fingerprint density at radius 1 is 1.26 bits per heavy atom. The van der Waals surface area contributed by atoms with Crippen LogP contribution in [0.5, 0.6) is 0 Å². The number of amides is 1. The van der Waals surface area contributed by atoms with E-state index in [0.29, 0.717) is 12.3 Å². The molecule has 1 aromatic carbocycles. The zero-order valence-corrected chi connectivity index (χ0v) is 12.3. The van der Waals surface area contributed by atoms with Crippen molar-refractivity contribution in [2.75, 3.05) is 6.61 Å². The van der Waals surface area contributed by atoms with Crippen LogP contribution in [0.1, 0.15) is 45.7 Å². The molecule has 0 saturated heterocycles. The van der Waals surface area contributed by atoms with Crippen LogP contribution in [-0.4, -0.2) is 17.6 Å². The van der Waals surface area contributed by atoms with Crippen LogP contribution in [-0.2, 0) is 4.79 Å². The summed E-state index contributed by atoms with van der Waals surface area (Å²) in [7, 11) is 0. The topological polar surface area (TPSA) is 49.3 Å². The highest BCUT2D eigenvalue weighted by molar-refractivity contribution is 5.76. The Morgan fingerprint density at radius 2 is 1.84 bits per heavy atom. The van der Waals surface area contributed by atoms with E-state index in [-0.39, 0.29) is 24.0 Å². The summed E-state index contributed by atoms with van der Waals surface area (Å²) in [6, 6.07) is 9.23. The first-order valence-electron chi connectivity index (χ1n) is 6.79. The van der Waals surface area contributed by atoms with Crippen molar-refractivity contribution in [3.05, 3.63) is 35.9 Å². The number of hydrogen-bond acceptors (Lipinski definition) is 2. The van der Waals surface area contributed by atoms with E-state index in [0.717, 1.165) is 5.56 Å². The SMILES string of the molecule is CC(CC(=O)N[C@@H](CO)c1ccccc1)C(C)(C)C. The van der Waals surface area contributed by atoms with Gasteiger partial charge in [0.05, 0.1) is 12.6 Å². The molecule has 1 rings (SSSR count). The maximum atomic E-state index is 12.0. The molecule has 2 N–H and O–H groups in total. The first kappa shape index (κ1) is 15.7. The summed E-state index contributed by atoms with van der Waals surface area (Å²) in [5.74, 6) is 0.285. The zero-order valence-electron chi connectivity index (χ0n) is 12.3. The minimum absolute atomic E-state index is 0.00896. The standard InChI is InChI=1S/C16H25NO2/c1-12(16(2,3)4)10-15(19)17-14(11-18)13-8-6-5-7-9-13/h5-9,12,14,18H,10-11H2,1-4H3,(H,17,19)/t12?,14-/m0/s1. The lowest BCUT2D eigenvalue weighted by molar-refractivity contribution is -0.123. The minimum atomic E-state index is -0.319. The number of carbonyl (C=O) groups is 1. The maximum Gasteiger partial charge on any atom is 0.220 e. The van der Waals surface area contributed by atoms with Gasteiger partial charge in [0.2, 0.25) is 5.91 Å². The summed E-state index contributed by atoms with van der Waals surface area (Å²) in [5.41, 5.74) is 1.04. The highest BCUT2D eigenvalue weighted by Crippen LogP contribution is 2.28. The summed E-state index contributed by atoms with van der Waals surface area (Å²) in [4.78, 5) is 12.0. The van der Waals surface area contributed by atoms with Gasteiger partial charge in [-0.3, -0.25) is 4.79 Å². The van der Waals surface area contributed by atoms with Crippen LogP contribution in [0.3, 0.4) is 0 Å². The van der Waals surface area contributed by atoms with Gasteiger partial charge in [-0.1, -0.05) is 58.0 Å². The molecule has 19 heavy (non-hydrogen) atoms. The van der Waals surface area contributed by atoms with E-state index in [2.05, 4.69) is 33.0 Å². The van der Waals surface area contributed by atoms with Crippen LogP contribution in [0.25, 0.3) is 0 Å². The van der Waals surface area contributed by atoms with Gasteiger partial charge in [0.1, 0.15) is 0 Å². The molecule has 0 heterocycles. The van der Waals surface area contributed by atoms with Crippen LogP contribution in [0, 0.1) is 11.3 Å². The molecule has 0 aliphatic heterocycles. The largest absolute Gasteiger partial charge is 0.394 e. The molecule has 0 spiro atoms. The normalized spacial score (nSPS) is 14.8. The lowest BCUT2D eigenvalue weighted by Gasteiger charge is -2.27. The monoisotopic (exact) mass is 263 g/mol. The quantitative estimate of drug-likeness (QED) is 0.858. The predicted octanol–water partition coefficient (Wildman–Crippen LogP) is 2.91. The summed E-state index contributed by atoms with van der Waals surface area (Å²) in [6.07, 6.45) is 0.479. The predicted molar refractivity (Wildman–Crippen MR) is 77.6 cm³/mol. The number of carbonyl (C=O) groups excluding carboxylic acids is 1. The first-order valence-corrected chi connectivity index (χ1v) is 6.79. The second kappa shape index (κ2) is 6.71. The third kappa shape index (κ3) is 5.03. The average molecular weight is 263 g/mol. The van der Waals surface area contributed by atoms with Crippen molar-refractivity contribution < 1.29 is 9.90 Å². The number of aliphatic hydroxyl groups is 1. The molecule has 0 aliphatic rings. The highest BCUT2D eigenvalue weighted by atomic mass is 16.3. The average Bonchev–Trinajstić information content (AvgIpc) is 2.35. The van der Waals surface area contributed by atoms with Crippen molar-refractivity contribution >= 4 is 5.91 Å². The van der Waals surface area contributed by atoms with Crippen LogP contribution < -0.4 is 5.32 Å². The van der Waals surface area contributed by atoms with Crippen molar-refractivity contribution in [1.82, 2.24) is 5.32 Å². The van der Waals surface area contributed by atoms with Crippen molar-refractivity contribution in [3.8, 4) is 0 Å². The van der Waals surface area contributed by atoms with Crippen molar-refractivity contribution in [1.29, 1.82) is 0 Å². The Bertz CT molecular complexity index is 395. The van der Waals surface area contributed by atoms with E-state index < -0.39 is 0 Å². The molecular weight excluding hydrogens is 238 g/mol. The molecule has 0 bridgehead atoms. The third-order valence-corrected chi connectivity index (χ3v) is 3.69. The van der Waals surface area contributed by atoms with Crippen molar-refractivity contribution in [3.63, 3.8) is 0 Å². The molecule has 0 saturated carbocycles. The summed E-state index contributed by atoms with van der Waals surface area (Å²) >= 11 is 0. The molecule has 1 amide bonds. The smallest absolute Gasteiger partial charge is 0.220 e. The van der Waals surface area contributed by atoms with Crippen LogP contribution in [0.15, 0.2) is 30.3 Å².